The summed E-state index contributed by atoms with van der Waals surface area (Å²) in [6, 6.07) is 26.0. The summed E-state index contributed by atoms with van der Waals surface area (Å²) in [5.41, 5.74) is 4.49. The second kappa shape index (κ2) is 9.63. The van der Waals surface area contributed by atoms with E-state index >= 15 is 0 Å². The summed E-state index contributed by atoms with van der Waals surface area (Å²) in [6.07, 6.45) is 0. The molecular weight excluding hydrogens is 374 g/mol. The molecule has 0 aliphatic rings. The topological polar surface area (TPSA) is 29.1 Å². The van der Waals surface area contributed by atoms with Crippen molar-refractivity contribution < 1.29 is 4.79 Å². The van der Waals surface area contributed by atoms with Crippen LogP contribution in [0.2, 0.25) is 5.02 Å². The van der Waals surface area contributed by atoms with Gasteiger partial charge in [-0.3, -0.25) is 4.79 Å². The number of carbonyl (C=O) groups excluding carboxylic acids is 1. The van der Waals surface area contributed by atoms with Crippen molar-refractivity contribution >= 4 is 29.3 Å². The molecule has 1 amide bonds. The minimum Gasteiger partial charge on any atom is -0.344 e. The molecule has 138 valence electrons. The maximum absolute atomic E-state index is 12.6. The van der Waals surface area contributed by atoms with E-state index in [-0.39, 0.29) is 11.9 Å². The maximum atomic E-state index is 12.6. The molecule has 0 spiro atoms. The Balaban J connectivity index is 1.65. The fraction of sp³-hybridized carbons (Fsp3) is 0.174. The van der Waals surface area contributed by atoms with Gasteiger partial charge < -0.3 is 5.32 Å². The predicted molar refractivity (Wildman–Crippen MR) is 115 cm³/mol. The Morgan fingerprint density at radius 1 is 0.963 bits per heavy atom. The van der Waals surface area contributed by atoms with Crippen molar-refractivity contribution in [3.05, 3.63) is 106 Å². The van der Waals surface area contributed by atoms with E-state index in [0.29, 0.717) is 5.75 Å². The number of aryl methyl sites for hydroxylation is 1. The Kier molecular flexibility index (Phi) is 6.97. The standard InChI is InChI=1S/C23H22ClNOS/c1-17-10-12-20(13-11-17)23(19-7-3-2-4-8-19)25-22(26)16-27-15-18-6-5-9-21(24)14-18/h2-14,23H,15-16H2,1H3,(H,25,26)/t23-/m0/s1. The molecule has 1 N–H and O–H groups in total. The molecule has 0 unspecified atom stereocenters. The third-order valence-corrected chi connectivity index (χ3v) is 5.48. The minimum atomic E-state index is -0.147. The lowest BCUT2D eigenvalue weighted by atomic mass is 9.98. The Bertz CT molecular complexity index is 880. The highest BCUT2D eigenvalue weighted by atomic mass is 35.5. The summed E-state index contributed by atoms with van der Waals surface area (Å²) < 4.78 is 0. The van der Waals surface area contributed by atoms with Crippen LogP contribution in [0.4, 0.5) is 0 Å². The molecule has 0 fully saturated rings. The van der Waals surface area contributed by atoms with Crippen molar-refractivity contribution in [1.29, 1.82) is 0 Å². The number of carbonyl (C=O) groups is 1. The summed E-state index contributed by atoms with van der Waals surface area (Å²) in [4.78, 5) is 12.6. The Hall–Kier alpha value is -2.23. The fourth-order valence-electron chi connectivity index (χ4n) is 2.85. The number of hydrogen-bond acceptors (Lipinski definition) is 2. The third kappa shape index (κ3) is 5.88. The van der Waals surface area contributed by atoms with Crippen LogP contribution >= 0.6 is 23.4 Å². The molecule has 3 aromatic carbocycles. The van der Waals surface area contributed by atoms with Crippen LogP contribution in [-0.2, 0) is 10.5 Å². The number of rotatable bonds is 7. The van der Waals surface area contributed by atoms with Crippen molar-refractivity contribution in [2.75, 3.05) is 5.75 Å². The molecule has 0 saturated carbocycles. The molecule has 27 heavy (non-hydrogen) atoms. The number of halogens is 1. The monoisotopic (exact) mass is 395 g/mol. The van der Waals surface area contributed by atoms with Crippen molar-refractivity contribution in [1.82, 2.24) is 5.32 Å². The number of amides is 1. The summed E-state index contributed by atoms with van der Waals surface area (Å²) in [5.74, 6) is 1.19. The first-order valence-electron chi connectivity index (χ1n) is 8.85. The first kappa shape index (κ1) is 19.5. The third-order valence-electron chi connectivity index (χ3n) is 4.24. The van der Waals surface area contributed by atoms with Gasteiger partial charge in [0.15, 0.2) is 0 Å². The summed E-state index contributed by atoms with van der Waals surface area (Å²) >= 11 is 7.60. The Morgan fingerprint density at radius 2 is 1.67 bits per heavy atom. The lowest BCUT2D eigenvalue weighted by Gasteiger charge is -2.20. The zero-order valence-corrected chi connectivity index (χ0v) is 16.8. The molecule has 3 aromatic rings. The van der Waals surface area contributed by atoms with Gasteiger partial charge in [0, 0.05) is 10.8 Å². The molecule has 1 atom stereocenters. The Labute approximate surface area is 170 Å². The highest BCUT2D eigenvalue weighted by molar-refractivity contribution is 7.99. The smallest absolute Gasteiger partial charge is 0.230 e. The molecule has 0 aliphatic carbocycles. The van der Waals surface area contributed by atoms with Crippen LogP contribution in [0.25, 0.3) is 0 Å². The predicted octanol–water partition coefficient (Wildman–Crippen LogP) is 5.79. The molecule has 0 aromatic heterocycles. The molecule has 0 radical (unpaired) electrons. The molecule has 0 bridgehead atoms. The number of thioether (sulfide) groups is 1. The van der Waals surface area contributed by atoms with Gasteiger partial charge in [-0.1, -0.05) is 83.9 Å². The molecule has 4 heteroatoms. The van der Waals surface area contributed by atoms with E-state index in [4.69, 9.17) is 11.6 Å². The first-order valence-corrected chi connectivity index (χ1v) is 10.4. The van der Waals surface area contributed by atoms with Crippen LogP contribution in [0, 0.1) is 6.92 Å². The van der Waals surface area contributed by atoms with Crippen molar-refractivity contribution in [3.63, 3.8) is 0 Å². The van der Waals surface area contributed by atoms with Gasteiger partial charge in [0.05, 0.1) is 11.8 Å². The SMILES string of the molecule is Cc1ccc([C@@H](NC(=O)CSCc2cccc(Cl)c2)c2ccccc2)cc1. The number of benzene rings is 3. The van der Waals surface area contributed by atoms with Crippen LogP contribution in [0.3, 0.4) is 0 Å². The fourth-order valence-corrected chi connectivity index (χ4v) is 3.85. The summed E-state index contributed by atoms with van der Waals surface area (Å²) in [6.45, 7) is 2.06. The van der Waals surface area contributed by atoms with Gasteiger partial charge in [0.2, 0.25) is 5.91 Å². The van der Waals surface area contributed by atoms with E-state index in [0.717, 1.165) is 27.5 Å². The van der Waals surface area contributed by atoms with Crippen LogP contribution < -0.4 is 5.32 Å². The van der Waals surface area contributed by atoms with Gasteiger partial charge >= 0.3 is 0 Å². The molecule has 2 nitrogen and oxygen atoms in total. The summed E-state index contributed by atoms with van der Waals surface area (Å²) in [7, 11) is 0. The van der Waals surface area contributed by atoms with Gasteiger partial charge in [-0.15, -0.1) is 11.8 Å². The molecular formula is C23H22ClNOS. The maximum Gasteiger partial charge on any atom is 0.230 e. The second-order valence-corrected chi connectivity index (χ2v) is 7.87. The Morgan fingerprint density at radius 3 is 2.37 bits per heavy atom. The van der Waals surface area contributed by atoms with Gasteiger partial charge in [-0.05, 0) is 35.7 Å². The highest BCUT2D eigenvalue weighted by Gasteiger charge is 2.16. The van der Waals surface area contributed by atoms with Gasteiger partial charge in [-0.25, -0.2) is 0 Å². The van der Waals surface area contributed by atoms with Gasteiger partial charge in [0.1, 0.15) is 0 Å². The summed E-state index contributed by atoms with van der Waals surface area (Å²) in [5, 5.41) is 3.90. The largest absolute Gasteiger partial charge is 0.344 e. The first-order chi connectivity index (χ1) is 13.1. The highest BCUT2D eigenvalue weighted by Crippen LogP contribution is 2.23. The average Bonchev–Trinajstić information content (AvgIpc) is 2.68. The molecule has 0 aliphatic heterocycles. The second-order valence-electron chi connectivity index (χ2n) is 6.44. The van der Waals surface area contributed by atoms with E-state index in [9.17, 15) is 4.79 Å². The normalized spacial score (nSPS) is 11.8. The van der Waals surface area contributed by atoms with Crippen LogP contribution in [-0.4, -0.2) is 11.7 Å². The van der Waals surface area contributed by atoms with Gasteiger partial charge in [0.25, 0.3) is 0 Å². The van der Waals surface area contributed by atoms with E-state index in [1.54, 1.807) is 11.8 Å². The average molecular weight is 396 g/mol. The molecule has 3 rings (SSSR count). The molecule has 0 saturated heterocycles. The van der Waals surface area contributed by atoms with Crippen LogP contribution in [0.15, 0.2) is 78.9 Å². The van der Waals surface area contributed by atoms with Crippen LogP contribution in [0.5, 0.6) is 0 Å². The van der Waals surface area contributed by atoms with E-state index in [1.165, 1.54) is 5.56 Å². The number of hydrogen-bond donors (Lipinski definition) is 1. The van der Waals surface area contributed by atoms with E-state index < -0.39 is 0 Å². The molecule has 0 heterocycles. The zero-order valence-electron chi connectivity index (χ0n) is 15.2. The lowest BCUT2D eigenvalue weighted by Crippen LogP contribution is -2.30. The lowest BCUT2D eigenvalue weighted by molar-refractivity contribution is -0.119. The van der Waals surface area contributed by atoms with Gasteiger partial charge in [-0.2, -0.15) is 0 Å². The zero-order chi connectivity index (χ0) is 19.1. The van der Waals surface area contributed by atoms with Crippen molar-refractivity contribution in [3.8, 4) is 0 Å². The van der Waals surface area contributed by atoms with Crippen LogP contribution in [0.1, 0.15) is 28.3 Å². The van der Waals surface area contributed by atoms with Crippen molar-refractivity contribution in [2.24, 2.45) is 0 Å². The quantitative estimate of drug-likeness (QED) is 0.548. The minimum absolute atomic E-state index is 0.0245. The van der Waals surface area contributed by atoms with Crippen molar-refractivity contribution in [2.45, 2.75) is 18.7 Å². The number of nitrogens with one attached hydrogen (secondary N) is 1. The van der Waals surface area contributed by atoms with E-state index in [2.05, 4.69) is 36.5 Å². The van der Waals surface area contributed by atoms with E-state index in [1.807, 2.05) is 54.6 Å².